The fourth-order valence-corrected chi connectivity index (χ4v) is 5.28. The van der Waals surface area contributed by atoms with Crippen LogP contribution in [0.4, 0.5) is 5.69 Å². The van der Waals surface area contributed by atoms with E-state index < -0.39 is 6.23 Å². The molecule has 2 unspecified atom stereocenters. The van der Waals surface area contributed by atoms with E-state index in [0.717, 1.165) is 86.8 Å². The van der Waals surface area contributed by atoms with E-state index >= 15 is 0 Å². The molecule has 0 saturated carbocycles. The molecular weight excluding hydrogens is 440 g/mol. The molecule has 7 heteroatoms. The predicted octanol–water partition coefficient (Wildman–Crippen LogP) is 4.09. The van der Waals surface area contributed by atoms with Gasteiger partial charge in [0.1, 0.15) is 18.2 Å². The van der Waals surface area contributed by atoms with Crippen LogP contribution in [0.3, 0.4) is 0 Å². The van der Waals surface area contributed by atoms with E-state index in [1.165, 1.54) is 12.8 Å². The summed E-state index contributed by atoms with van der Waals surface area (Å²) >= 11 is 0. The van der Waals surface area contributed by atoms with Gasteiger partial charge in [-0.3, -0.25) is 4.90 Å². The number of morpholine rings is 1. The van der Waals surface area contributed by atoms with Crippen LogP contribution in [0.25, 0.3) is 10.8 Å². The van der Waals surface area contributed by atoms with E-state index in [-0.39, 0.29) is 0 Å². The number of hydrogen-bond acceptors (Lipinski definition) is 7. The van der Waals surface area contributed by atoms with Gasteiger partial charge in [0, 0.05) is 55.6 Å². The molecule has 0 aromatic heterocycles. The highest BCUT2D eigenvalue weighted by atomic mass is 16.5. The maximum Gasteiger partial charge on any atom is 0.167 e. The number of fused-ring (bicyclic) bond motifs is 1. The number of aliphatic hydroxyl groups excluding tert-OH is 1. The number of anilines is 1. The molecule has 3 aliphatic rings. The molecule has 0 radical (unpaired) electrons. The van der Waals surface area contributed by atoms with Crippen molar-refractivity contribution in [2.75, 3.05) is 57.9 Å². The summed E-state index contributed by atoms with van der Waals surface area (Å²) in [4.78, 5) is 9.65. The molecule has 2 N–H and O–H groups in total. The summed E-state index contributed by atoms with van der Waals surface area (Å²) in [6.45, 7) is 9.48. The van der Waals surface area contributed by atoms with E-state index in [1.807, 2.05) is 24.3 Å². The quantitative estimate of drug-likeness (QED) is 0.585. The number of benzene rings is 2. The molecule has 2 saturated heterocycles. The molecule has 7 nitrogen and oxygen atoms in total. The van der Waals surface area contributed by atoms with Gasteiger partial charge in [-0.05, 0) is 37.3 Å². The van der Waals surface area contributed by atoms with Crippen LogP contribution >= 0.6 is 0 Å². The molecule has 0 amide bonds. The van der Waals surface area contributed by atoms with Crippen LogP contribution in [-0.2, 0) is 4.74 Å². The number of amidine groups is 1. The number of ether oxygens (including phenoxy) is 2. The molecule has 2 atom stereocenters. The molecule has 3 heterocycles. The van der Waals surface area contributed by atoms with E-state index in [1.54, 1.807) is 0 Å². The van der Waals surface area contributed by atoms with Gasteiger partial charge >= 0.3 is 0 Å². The third-order valence-corrected chi connectivity index (χ3v) is 7.23. The Morgan fingerprint density at radius 2 is 1.97 bits per heavy atom. The van der Waals surface area contributed by atoms with Crippen molar-refractivity contribution < 1.29 is 14.6 Å². The van der Waals surface area contributed by atoms with Crippen molar-refractivity contribution in [1.29, 1.82) is 0 Å². The Morgan fingerprint density at radius 1 is 1.14 bits per heavy atom. The summed E-state index contributed by atoms with van der Waals surface area (Å²) in [6, 6.07) is 12.2. The Labute approximate surface area is 208 Å². The minimum Gasteiger partial charge on any atom is -0.492 e. The SMILES string of the molecule is CC1CCCN(C2=NC(C(O)Nc3ccc(OCCN4CCOCC4)c4ccccc34)=CCC2)C1. The second-order valence-electron chi connectivity index (χ2n) is 9.90. The van der Waals surface area contributed by atoms with Crippen LogP contribution in [0, 0.1) is 5.92 Å². The molecule has 0 aliphatic carbocycles. The van der Waals surface area contributed by atoms with Crippen LogP contribution in [0.15, 0.2) is 53.2 Å². The molecule has 3 aliphatic heterocycles. The third-order valence-electron chi connectivity index (χ3n) is 7.23. The zero-order chi connectivity index (χ0) is 24.0. The molecule has 2 fully saturated rings. The Hall–Kier alpha value is -2.61. The Morgan fingerprint density at radius 3 is 2.80 bits per heavy atom. The first-order valence-electron chi connectivity index (χ1n) is 13.1. The van der Waals surface area contributed by atoms with Crippen molar-refractivity contribution in [1.82, 2.24) is 9.80 Å². The molecular formula is C28H38N4O3. The number of rotatable bonds is 7. The van der Waals surface area contributed by atoms with Gasteiger partial charge in [-0.15, -0.1) is 0 Å². The van der Waals surface area contributed by atoms with E-state index in [0.29, 0.717) is 18.2 Å². The normalized spacial score (nSPS) is 22.5. The molecule has 5 rings (SSSR count). The van der Waals surface area contributed by atoms with Gasteiger partial charge in [0.2, 0.25) is 0 Å². The fourth-order valence-electron chi connectivity index (χ4n) is 5.28. The van der Waals surface area contributed by atoms with Gasteiger partial charge in [-0.25, -0.2) is 4.99 Å². The number of aliphatic hydroxyl groups is 1. The van der Waals surface area contributed by atoms with Gasteiger partial charge in [0.15, 0.2) is 6.23 Å². The van der Waals surface area contributed by atoms with E-state index in [2.05, 4.69) is 40.2 Å². The molecule has 188 valence electrons. The predicted molar refractivity (Wildman–Crippen MR) is 141 cm³/mol. The summed E-state index contributed by atoms with van der Waals surface area (Å²) in [5.74, 6) is 2.68. The second-order valence-corrected chi connectivity index (χ2v) is 9.90. The van der Waals surface area contributed by atoms with Crippen molar-refractivity contribution >= 4 is 22.3 Å². The maximum absolute atomic E-state index is 11.1. The van der Waals surface area contributed by atoms with Crippen LogP contribution in [0.2, 0.25) is 0 Å². The van der Waals surface area contributed by atoms with Gasteiger partial charge in [-0.1, -0.05) is 37.3 Å². The molecule has 35 heavy (non-hydrogen) atoms. The van der Waals surface area contributed by atoms with E-state index in [9.17, 15) is 5.11 Å². The highest BCUT2D eigenvalue weighted by Gasteiger charge is 2.23. The largest absolute Gasteiger partial charge is 0.492 e. The Bertz CT molecular complexity index is 1060. The number of likely N-dealkylation sites (tertiary alicyclic amines) is 1. The Balaban J connectivity index is 1.26. The van der Waals surface area contributed by atoms with Gasteiger partial charge in [0.25, 0.3) is 0 Å². The highest BCUT2D eigenvalue weighted by Crippen LogP contribution is 2.33. The number of allylic oxidation sites excluding steroid dienone is 1. The van der Waals surface area contributed by atoms with Crippen LogP contribution in [0.1, 0.15) is 32.6 Å². The monoisotopic (exact) mass is 478 g/mol. The standard InChI is InChI=1S/C28H38N4O3/c1-21-6-5-13-32(20-21)27-10-4-9-25(29-27)28(33)30-24-11-12-26(23-8-3-2-7-22(23)24)35-19-16-31-14-17-34-18-15-31/h2-3,7-9,11-12,21,28,30,33H,4-6,10,13-20H2,1H3. The average molecular weight is 479 g/mol. The fraction of sp³-hybridized carbons (Fsp3) is 0.536. The van der Waals surface area contributed by atoms with Crippen LogP contribution in [0.5, 0.6) is 5.75 Å². The zero-order valence-electron chi connectivity index (χ0n) is 20.8. The van der Waals surface area contributed by atoms with Gasteiger partial charge < -0.3 is 24.8 Å². The summed E-state index contributed by atoms with van der Waals surface area (Å²) in [6.07, 6.45) is 5.56. The van der Waals surface area contributed by atoms with Gasteiger partial charge in [-0.2, -0.15) is 0 Å². The first-order valence-corrected chi connectivity index (χ1v) is 13.1. The lowest BCUT2D eigenvalue weighted by atomic mass is 9.99. The number of aliphatic imine (C=N–C) groups is 1. The van der Waals surface area contributed by atoms with E-state index in [4.69, 9.17) is 14.5 Å². The molecule has 2 aromatic carbocycles. The summed E-state index contributed by atoms with van der Waals surface area (Å²) < 4.78 is 11.6. The lowest BCUT2D eigenvalue weighted by molar-refractivity contribution is 0.0323. The zero-order valence-corrected chi connectivity index (χ0v) is 20.8. The maximum atomic E-state index is 11.1. The summed E-state index contributed by atoms with van der Waals surface area (Å²) in [7, 11) is 0. The Kier molecular flexibility index (Phi) is 7.86. The summed E-state index contributed by atoms with van der Waals surface area (Å²) in [5, 5.41) is 16.4. The van der Waals surface area contributed by atoms with Crippen LogP contribution in [-0.4, -0.2) is 79.5 Å². The number of hydrogen-bond donors (Lipinski definition) is 2. The molecule has 2 aromatic rings. The molecule has 0 bridgehead atoms. The van der Waals surface area contributed by atoms with Crippen molar-refractivity contribution in [3.63, 3.8) is 0 Å². The van der Waals surface area contributed by atoms with Crippen molar-refractivity contribution in [2.45, 2.75) is 38.8 Å². The van der Waals surface area contributed by atoms with Crippen LogP contribution < -0.4 is 10.1 Å². The van der Waals surface area contributed by atoms with Crippen molar-refractivity contribution in [3.8, 4) is 5.75 Å². The summed E-state index contributed by atoms with van der Waals surface area (Å²) in [5.41, 5.74) is 1.59. The lowest BCUT2D eigenvalue weighted by Crippen LogP contribution is -2.40. The number of nitrogens with one attached hydrogen (secondary N) is 1. The minimum atomic E-state index is -0.857. The number of piperidine rings is 1. The number of nitrogens with zero attached hydrogens (tertiary/aromatic N) is 3. The smallest absolute Gasteiger partial charge is 0.167 e. The lowest BCUT2D eigenvalue weighted by Gasteiger charge is -2.35. The van der Waals surface area contributed by atoms with Gasteiger partial charge in [0.05, 0.1) is 18.9 Å². The minimum absolute atomic E-state index is 0.638. The first kappa shape index (κ1) is 24.1. The first-order chi connectivity index (χ1) is 17.2. The highest BCUT2D eigenvalue weighted by molar-refractivity contribution is 5.98. The topological polar surface area (TPSA) is 69.6 Å². The van der Waals surface area contributed by atoms with Crippen molar-refractivity contribution in [2.24, 2.45) is 10.9 Å². The van der Waals surface area contributed by atoms with Crippen molar-refractivity contribution in [3.05, 3.63) is 48.2 Å². The molecule has 0 spiro atoms. The average Bonchev–Trinajstić information content (AvgIpc) is 2.90. The third kappa shape index (κ3) is 5.97. The second kappa shape index (κ2) is 11.4.